The second kappa shape index (κ2) is 6.04. The van der Waals surface area contributed by atoms with Gasteiger partial charge in [-0.25, -0.2) is 0 Å². The van der Waals surface area contributed by atoms with E-state index in [-0.39, 0.29) is 23.1 Å². The van der Waals surface area contributed by atoms with Gasteiger partial charge in [0.05, 0.1) is 6.04 Å². The van der Waals surface area contributed by atoms with E-state index in [0.717, 1.165) is 28.7 Å². The van der Waals surface area contributed by atoms with Crippen LogP contribution in [-0.4, -0.2) is 33.8 Å². The Morgan fingerprint density at radius 1 is 1.32 bits per heavy atom. The Hall–Kier alpha value is -1.95. The molecule has 1 aliphatic heterocycles. The number of nitrogens with zero attached hydrogens (tertiary/aromatic N) is 1. The highest BCUT2D eigenvalue weighted by Crippen LogP contribution is 2.31. The molecule has 116 valence electrons. The van der Waals surface area contributed by atoms with Crippen molar-refractivity contribution in [2.45, 2.75) is 19.9 Å². The molecule has 1 fully saturated rings. The Balaban J connectivity index is 1.93. The van der Waals surface area contributed by atoms with Crippen LogP contribution in [0.3, 0.4) is 0 Å². The van der Waals surface area contributed by atoms with Gasteiger partial charge < -0.3 is 14.3 Å². The van der Waals surface area contributed by atoms with Crippen LogP contribution in [0.1, 0.15) is 33.6 Å². The predicted octanol–water partition coefficient (Wildman–Crippen LogP) is 2.52. The lowest BCUT2D eigenvalue weighted by molar-refractivity contribution is 0.0679. The summed E-state index contributed by atoms with van der Waals surface area (Å²) in [7, 11) is 0. The minimum Gasteiger partial charge on any atom is -0.464 e. The summed E-state index contributed by atoms with van der Waals surface area (Å²) in [6.07, 6.45) is 0. The maximum Gasteiger partial charge on any atom is 0.260 e. The lowest BCUT2D eigenvalue weighted by Gasteiger charge is -2.34. The van der Waals surface area contributed by atoms with E-state index in [9.17, 15) is 9.59 Å². The smallest absolute Gasteiger partial charge is 0.260 e. The van der Waals surface area contributed by atoms with E-state index in [1.165, 1.54) is 0 Å². The van der Waals surface area contributed by atoms with Crippen LogP contribution in [0.4, 0.5) is 0 Å². The summed E-state index contributed by atoms with van der Waals surface area (Å²) in [5, 5.41) is 0. The number of aryl methyl sites for hydroxylation is 2. The zero-order valence-electron chi connectivity index (χ0n) is 12.6. The number of furan rings is 1. The largest absolute Gasteiger partial charge is 0.464 e. The molecule has 1 amide bonds. The molecule has 0 radical (unpaired) electrons. The van der Waals surface area contributed by atoms with E-state index in [1.807, 2.05) is 19.1 Å². The molecule has 3 heterocycles. The van der Waals surface area contributed by atoms with Crippen molar-refractivity contribution in [2.24, 2.45) is 0 Å². The number of aromatic amines is 1. The average Bonchev–Trinajstić information content (AvgIpc) is 2.93. The van der Waals surface area contributed by atoms with Crippen molar-refractivity contribution in [1.29, 1.82) is 0 Å². The minimum absolute atomic E-state index is 0.124. The molecule has 0 aliphatic carbocycles. The monoisotopic (exact) mass is 318 g/mol. The number of nitrogens with one attached hydrogen (secondary N) is 1. The molecule has 5 nitrogen and oxygen atoms in total. The Kier molecular flexibility index (Phi) is 4.11. The first-order valence-electron chi connectivity index (χ1n) is 7.21. The van der Waals surface area contributed by atoms with Crippen LogP contribution in [0, 0.1) is 13.8 Å². The minimum atomic E-state index is -0.336. The van der Waals surface area contributed by atoms with Gasteiger partial charge in [0.2, 0.25) is 0 Å². The van der Waals surface area contributed by atoms with Gasteiger partial charge in [0.15, 0.2) is 0 Å². The summed E-state index contributed by atoms with van der Waals surface area (Å²) in [5.74, 6) is 3.02. The van der Waals surface area contributed by atoms with E-state index in [1.54, 1.807) is 35.7 Å². The lowest BCUT2D eigenvalue weighted by Crippen LogP contribution is -2.42. The van der Waals surface area contributed by atoms with E-state index in [0.29, 0.717) is 6.54 Å². The molecule has 1 saturated heterocycles. The summed E-state index contributed by atoms with van der Waals surface area (Å²) in [6, 6.07) is 7.03. The first-order chi connectivity index (χ1) is 10.6. The molecule has 1 aliphatic rings. The summed E-state index contributed by atoms with van der Waals surface area (Å²) in [5.41, 5.74) is 0.595. The highest BCUT2D eigenvalue weighted by atomic mass is 32.2. The maximum atomic E-state index is 12.8. The summed E-state index contributed by atoms with van der Waals surface area (Å²) in [6.45, 7) is 4.29. The second-order valence-electron chi connectivity index (χ2n) is 5.42. The van der Waals surface area contributed by atoms with Gasteiger partial charge >= 0.3 is 0 Å². The van der Waals surface area contributed by atoms with Gasteiger partial charge in [-0.3, -0.25) is 9.59 Å². The van der Waals surface area contributed by atoms with Gasteiger partial charge in [0.1, 0.15) is 17.1 Å². The third kappa shape index (κ3) is 2.83. The normalized spacial score (nSPS) is 18.5. The highest BCUT2D eigenvalue weighted by molar-refractivity contribution is 7.99. The van der Waals surface area contributed by atoms with Gasteiger partial charge in [-0.05, 0) is 38.1 Å². The van der Waals surface area contributed by atoms with Crippen LogP contribution in [-0.2, 0) is 0 Å². The number of carbonyl (C=O) groups is 1. The number of hydrogen-bond acceptors (Lipinski definition) is 4. The molecular weight excluding hydrogens is 300 g/mol. The number of hydrogen-bond donors (Lipinski definition) is 1. The molecule has 2 aromatic rings. The van der Waals surface area contributed by atoms with Crippen molar-refractivity contribution in [3.8, 4) is 0 Å². The molecule has 0 saturated carbocycles. The van der Waals surface area contributed by atoms with E-state index in [4.69, 9.17) is 4.42 Å². The van der Waals surface area contributed by atoms with Crippen LogP contribution >= 0.6 is 11.8 Å². The van der Waals surface area contributed by atoms with E-state index >= 15 is 0 Å². The molecule has 0 aromatic carbocycles. The summed E-state index contributed by atoms with van der Waals surface area (Å²) >= 11 is 1.79. The van der Waals surface area contributed by atoms with Crippen molar-refractivity contribution in [3.63, 3.8) is 0 Å². The molecule has 0 unspecified atom stereocenters. The average molecular weight is 318 g/mol. The van der Waals surface area contributed by atoms with E-state index in [2.05, 4.69) is 4.98 Å². The second-order valence-corrected chi connectivity index (χ2v) is 6.57. The number of carbonyl (C=O) groups excluding carboxylic acids is 1. The number of thioether (sulfide) groups is 1. The topological polar surface area (TPSA) is 66.3 Å². The molecular formula is C16H18N2O3S. The van der Waals surface area contributed by atoms with Gasteiger partial charge in [0, 0.05) is 23.7 Å². The number of pyridine rings is 1. The molecule has 1 N–H and O–H groups in total. The van der Waals surface area contributed by atoms with Crippen molar-refractivity contribution in [3.05, 3.63) is 57.4 Å². The van der Waals surface area contributed by atoms with Crippen molar-refractivity contribution >= 4 is 17.7 Å². The molecule has 6 heteroatoms. The Morgan fingerprint density at radius 3 is 2.82 bits per heavy atom. The zero-order valence-corrected chi connectivity index (χ0v) is 13.4. The maximum absolute atomic E-state index is 12.8. The van der Waals surface area contributed by atoms with Crippen LogP contribution < -0.4 is 5.56 Å². The predicted molar refractivity (Wildman–Crippen MR) is 86.3 cm³/mol. The van der Waals surface area contributed by atoms with Crippen molar-refractivity contribution in [1.82, 2.24) is 9.88 Å². The third-order valence-electron chi connectivity index (χ3n) is 3.76. The molecule has 22 heavy (non-hydrogen) atoms. The first kappa shape index (κ1) is 15.0. The fraction of sp³-hybridized carbons (Fsp3) is 0.375. The van der Waals surface area contributed by atoms with Crippen molar-refractivity contribution in [2.75, 3.05) is 18.1 Å². The van der Waals surface area contributed by atoms with Crippen molar-refractivity contribution < 1.29 is 9.21 Å². The van der Waals surface area contributed by atoms with Crippen LogP contribution in [0.25, 0.3) is 0 Å². The van der Waals surface area contributed by atoms with Crippen LogP contribution in [0.15, 0.2) is 33.5 Å². The Bertz CT molecular complexity index is 750. The zero-order chi connectivity index (χ0) is 15.7. The fourth-order valence-electron chi connectivity index (χ4n) is 2.61. The van der Waals surface area contributed by atoms with Crippen LogP contribution in [0.2, 0.25) is 0 Å². The number of aromatic nitrogens is 1. The van der Waals surface area contributed by atoms with Crippen LogP contribution in [0.5, 0.6) is 0 Å². The van der Waals surface area contributed by atoms with Gasteiger partial charge in [-0.15, -0.1) is 0 Å². The summed E-state index contributed by atoms with van der Waals surface area (Å²) < 4.78 is 5.70. The highest BCUT2D eigenvalue weighted by Gasteiger charge is 2.32. The molecule has 0 bridgehead atoms. The molecule has 0 spiro atoms. The first-order valence-corrected chi connectivity index (χ1v) is 8.36. The molecule has 1 atom stereocenters. The molecule has 2 aromatic heterocycles. The van der Waals surface area contributed by atoms with Gasteiger partial charge in [0.25, 0.3) is 11.5 Å². The third-order valence-corrected chi connectivity index (χ3v) is 4.79. The quantitative estimate of drug-likeness (QED) is 0.924. The Morgan fingerprint density at radius 2 is 2.14 bits per heavy atom. The summed E-state index contributed by atoms with van der Waals surface area (Å²) in [4.78, 5) is 29.2. The SMILES string of the molecule is Cc1ccc(C(=O)N2CCSC[C@@H]2c2ccc(C)o2)c(=O)[nH]1. The number of H-pyrrole nitrogens is 1. The number of rotatable bonds is 2. The Labute approximate surface area is 132 Å². The fourth-order valence-corrected chi connectivity index (χ4v) is 3.67. The molecule has 3 rings (SSSR count). The lowest BCUT2D eigenvalue weighted by atomic mass is 10.1. The standard InChI is InChI=1S/C16H18N2O3S/c1-10-3-5-12(15(19)17-10)16(20)18-7-8-22-9-13(18)14-6-4-11(2)21-14/h3-6,13H,7-9H2,1-2H3,(H,17,19)/t13-/m1/s1. The number of amides is 1. The van der Waals surface area contributed by atoms with Gasteiger partial charge in [-0.2, -0.15) is 11.8 Å². The van der Waals surface area contributed by atoms with E-state index < -0.39 is 0 Å². The van der Waals surface area contributed by atoms with Gasteiger partial charge in [-0.1, -0.05) is 0 Å².